The van der Waals surface area contributed by atoms with Crippen LogP contribution in [-0.2, 0) is 19.1 Å². The van der Waals surface area contributed by atoms with Gasteiger partial charge in [0.2, 0.25) is 0 Å². The Hall–Kier alpha value is -3.02. The van der Waals surface area contributed by atoms with Gasteiger partial charge in [0.15, 0.2) is 0 Å². The van der Waals surface area contributed by atoms with E-state index in [0.29, 0.717) is 0 Å². The van der Waals surface area contributed by atoms with Gasteiger partial charge in [0.05, 0.1) is 11.1 Å². The Morgan fingerprint density at radius 1 is 0.571 bits per heavy atom. The SMILES string of the molecule is CC(=O)OC(C)c1ccccc1.CC(=O)OC(C)c1ccccc1.CC(C)(C)CC(C)(C)N=NC(C)(C)CC(C)(C)C. The third kappa shape index (κ3) is 20.8. The summed E-state index contributed by atoms with van der Waals surface area (Å²) in [4.78, 5) is 21.2. The van der Waals surface area contributed by atoms with Gasteiger partial charge in [0, 0.05) is 13.8 Å². The number of nitrogens with zero attached hydrogens (tertiary/aromatic N) is 2. The molecule has 0 aliphatic carbocycles. The molecule has 0 aliphatic heterocycles. The van der Waals surface area contributed by atoms with Crippen molar-refractivity contribution in [2.24, 2.45) is 21.1 Å². The van der Waals surface area contributed by atoms with Gasteiger partial charge in [-0.15, -0.1) is 0 Å². The molecule has 2 unspecified atom stereocenters. The van der Waals surface area contributed by atoms with Crippen LogP contribution in [-0.4, -0.2) is 23.0 Å². The summed E-state index contributed by atoms with van der Waals surface area (Å²) in [5, 5.41) is 9.24. The molecule has 0 bridgehead atoms. The van der Waals surface area contributed by atoms with Crippen LogP contribution in [0, 0.1) is 10.8 Å². The molecular weight excluding hydrogens is 524 g/mol. The maximum atomic E-state index is 10.6. The van der Waals surface area contributed by atoms with Crippen LogP contribution in [0.2, 0.25) is 0 Å². The fourth-order valence-electron chi connectivity index (χ4n) is 5.02. The third-order valence-corrected chi connectivity index (χ3v) is 5.74. The number of carbonyl (C=O) groups is 2. The molecule has 2 rings (SSSR count). The molecule has 6 heteroatoms. The van der Waals surface area contributed by atoms with Crippen LogP contribution >= 0.6 is 0 Å². The van der Waals surface area contributed by atoms with Crippen molar-refractivity contribution in [3.05, 3.63) is 71.8 Å². The fourth-order valence-corrected chi connectivity index (χ4v) is 5.02. The molecule has 2 aromatic carbocycles. The highest BCUT2D eigenvalue weighted by molar-refractivity contribution is 5.66. The Morgan fingerprint density at radius 2 is 0.833 bits per heavy atom. The van der Waals surface area contributed by atoms with Crippen LogP contribution in [0.1, 0.15) is 133 Å². The normalized spacial score (nSPS) is 13.6. The van der Waals surface area contributed by atoms with Crippen molar-refractivity contribution < 1.29 is 19.1 Å². The second kappa shape index (κ2) is 17.2. The van der Waals surface area contributed by atoms with E-state index in [1.807, 2.05) is 74.5 Å². The van der Waals surface area contributed by atoms with Crippen LogP contribution in [0.4, 0.5) is 0 Å². The molecule has 0 aromatic heterocycles. The lowest BCUT2D eigenvalue weighted by Crippen LogP contribution is -2.28. The van der Waals surface area contributed by atoms with Gasteiger partial charge < -0.3 is 9.47 Å². The molecule has 0 heterocycles. The largest absolute Gasteiger partial charge is 0.458 e. The van der Waals surface area contributed by atoms with E-state index in [1.54, 1.807) is 0 Å². The van der Waals surface area contributed by atoms with Crippen molar-refractivity contribution in [1.82, 2.24) is 0 Å². The summed E-state index contributed by atoms with van der Waals surface area (Å²) >= 11 is 0. The summed E-state index contributed by atoms with van der Waals surface area (Å²) in [5.41, 5.74) is 2.47. The van der Waals surface area contributed by atoms with Gasteiger partial charge in [-0.05, 0) is 76.3 Å². The van der Waals surface area contributed by atoms with Crippen molar-refractivity contribution in [2.45, 2.75) is 133 Å². The first-order chi connectivity index (χ1) is 19.0. The number of carbonyl (C=O) groups excluding carboxylic acids is 2. The molecule has 0 amide bonds. The number of benzene rings is 2. The van der Waals surface area contributed by atoms with Gasteiger partial charge in [0.1, 0.15) is 12.2 Å². The summed E-state index contributed by atoms with van der Waals surface area (Å²) in [5.74, 6) is -0.488. The Balaban J connectivity index is 0.000000618. The topological polar surface area (TPSA) is 77.3 Å². The quantitative estimate of drug-likeness (QED) is 0.229. The van der Waals surface area contributed by atoms with E-state index >= 15 is 0 Å². The fraction of sp³-hybridized carbons (Fsp3) is 0.611. The van der Waals surface area contributed by atoms with Crippen molar-refractivity contribution in [1.29, 1.82) is 0 Å². The predicted molar refractivity (Wildman–Crippen MR) is 174 cm³/mol. The molecule has 0 saturated carbocycles. The highest BCUT2D eigenvalue weighted by atomic mass is 16.5. The van der Waals surface area contributed by atoms with E-state index in [0.717, 1.165) is 24.0 Å². The standard InChI is InChI=1S/C16H34N2.2C10H12O2/c1-13(2,3)11-15(7,8)17-18-16(9,10)12-14(4,5)6;2*1-8(12-9(2)11)10-6-4-3-5-7-10/h11-12H2,1-10H3;2*3-8H,1-2H3. The van der Waals surface area contributed by atoms with Crippen LogP contribution in [0.15, 0.2) is 70.9 Å². The van der Waals surface area contributed by atoms with Crippen molar-refractivity contribution in [2.75, 3.05) is 0 Å². The minimum atomic E-state index is -0.244. The summed E-state index contributed by atoms with van der Waals surface area (Å²) in [6.07, 6.45) is 1.80. The van der Waals surface area contributed by atoms with Crippen LogP contribution in [0.3, 0.4) is 0 Å². The van der Waals surface area contributed by atoms with Crippen molar-refractivity contribution in [3.8, 4) is 0 Å². The first-order valence-corrected chi connectivity index (χ1v) is 14.9. The molecule has 236 valence electrons. The van der Waals surface area contributed by atoms with Crippen molar-refractivity contribution in [3.63, 3.8) is 0 Å². The molecular formula is C36H58N2O4. The lowest BCUT2D eigenvalue weighted by molar-refractivity contribution is -0.146. The monoisotopic (exact) mass is 582 g/mol. The van der Waals surface area contributed by atoms with Crippen LogP contribution in [0.5, 0.6) is 0 Å². The second-order valence-corrected chi connectivity index (χ2v) is 14.6. The number of azo groups is 1. The lowest BCUT2D eigenvalue weighted by Gasteiger charge is -2.31. The Labute approximate surface area is 256 Å². The molecule has 0 aliphatic rings. The Kier molecular flexibility index (Phi) is 15.9. The molecule has 0 saturated heterocycles. The number of hydrogen-bond donors (Lipinski definition) is 0. The summed E-state index contributed by atoms with van der Waals surface area (Å²) in [6, 6.07) is 19.3. The average Bonchev–Trinajstić information content (AvgIpc) is 2.81. The van der Waals surface area contributed by atoms with Gasteiger partial charge in [-0.25, -0.2) is 0 Å². The summed E-state index contributed by atoms with van der Waals surface area (Å²) in [7, 11) is 0. The van der Waals surface area contributed by atoms with E-state index in [9.17, 15) is 9.59 Å². The number of esters is 2. The van der Waals surface area contributed by atoms with Gasteiger partial charge in [-0.3, -0.25) is 9.59 Å². The Bertz CT molecular complexity index is 991. The van der Waals surface area contributed by atoms with E-state index in [-0.39, 0.29) is 46.1 Å². The number of ether oxygens (including phenoxy) is 2. The smallest absolute Gasteiger partial charge is 0.303 e. The molecule has 2 aromatic rings. The maximum absolute atomic E-state index is 10.6. The summed E-state index contributed by atoms with van der Waals surface area (Å²) in [6.45, 7) is 28.8. The summed E-state index contributed by atoms with van der Waals surface area (Å²) < 4.78 is 9.99. The maximum Gasteiger partial charge on any atom is 0.303 e. The Morgan fingerprint density at radius 3 is 1.05 bits per heavy atom. The zero-order chi connectivity index (χ0) is 32.8. The minimum Gasteiger partial charge on any atom is -0.458 e. The first kappa shape index (κ1) is 39.0. The second-order valence-electron chi connectivity index (χ2n) is 14.6. The molecule has 0 radical (unpaired) electrons. The van der Waals surface area contributed by atoms with Crippen LogP contribution < -0.4 is 0 Å². The lowest BCUT2D eigenvalue weighted by atomic mass is 9.81. The third-order valence-electron chi connectivity index (χ3n) is 5.74. The van der Waals surface area contributed by atoms with Gasteiger partial charge in [-0.1, -0.05) is 102 Å². The van der Waals surface area contributed by atoms with E-state index in [2.05, 4.69) is 79.5 Å². The van der Waals surface area contributed by atoms with E-state index in [1.165, 1.54) is 13.8 Å². The van der Waals surface area contributed by atoms with Crippen molar-refractivity contribution >= 4 is 11.9 Å². The molecule has 6 nitrogen and oxygen atoms in total. The highest BCUT2D eigenvalue weighted by Gasteiger charge is 2.29. The zero-order valence-corrected chi connectivity index (χ0v) is 28.9. The van der Waals surface area contributed by atoms with Gasteiger partial charge in [-0.2, -0.15) is 10.2 Å². The van der Waals surface area contributed by atoms with Crippen LogP contribution in [0.25, 0.3) is 0 Å². The number of rotatable bonds is 8. The first-order valence-electron chi connectivity index (χ1n) is 14.9. The number of hydrogen-bond acceptors (Lipinski definition) is 6. The van der Waals surface area contributed by atoms with Gasteiger partial charge >= 0.3 is 11.9 Å². The van der Waals surface area contributed by atoms with E-state index < -0.39 is 0 Å². The average molecular weight is 583 g/mol. The van der Waals surface area contributed by atoms with Gasteiger partial charge in [0.25, 0.3) is 0 Å². The minimum absolute atomic E-state index is 0.0760. The van der Waals surface area contributed by atoms with E-state index in [4.69, 9.17) is 9.47 Å². The molecule has 2 atom stereocenters. The predicted octanol–water partition coefficient (Wildman–Crippen LogP) is 10.5. The molecule has 0 N–H and O–H groups in total. The molecule has 42 heavy (non-hydrogen) atoms. The highest BCUT2D eigenvalue weighted by Crippen LogP contribution is 2.33. The molecule has 0 fully saturated rings. The molecule has 0 spiro atoms. The zero-order valence-electron chi connectivity index (χ0n) is 28.9.